The normalized spacial score (nSPS) is 19.5. The number of rotatable bonds is 6. The van der Waals surface area contributed by atoms with E-state index in [-0.39, 0.29) is 18.2 Å². The van der Waals surface area contributed by atoms with Gasteiger partial charge in [-0.25, -0.2) is 4.79 Å². The van der Waals surface area contributed by atoms with Crippen LogP contribution in [-0.2, 0) is 11.2 Å². The van der Waals surface area contributed by atoms with E-state index in [4.69, 9.17) is 0 Å². The van der Waals surface area contributed by atoms with Crippen molar-refractivity contribution in [2.24, 2.45) is 0 Å². The molecule has 134 valence electrons. The highest BCUT2D eigenvalue weighted by molar-refractivity contribution is 9.10. The van der Waals surface area contributed by atoms with Gasteiger partial charge in [0.2, 0.25) is 0 Å². The lowest BCUT2D eigenvalue weighted by Gasteiger charge is -2.21. The van der Waals surface area contributed by atoms with E-state index in [9.17, 15) is 14.4 Å². The van der Waals surface area contributed by atoms with Gasteiger partial charge >= 0.3 is 6.03 Å². The molecule has 1 saturated heterocycles. The van der Waals surface area contributed by atoms with Crippen LogP contribution in [0.3, 0.4) is 0 Å². The quantitative estimate of drug-likeness (QED) is 0.580. The molecule has 3 amide bonds. The van der Waals surface area contributed by atoms with Gasteiger partial charge in [0, 0.05) is 10.0 Å². The summed E-state index contributed by atoms with van der Waals surface area (Å²) in [6.07, 6.45) is 1.14. The van der Waals surface area contributed by atoms with Crippen molar-refractivity contribution >= 4 is 33.7 Å². The molecule has 0 unspecified atom stereocenters. The monoisotopic (exact) mass is 414 g/mol. The molecule has 26 heavy (non-hydrogen) atoms. The van der Waals surface area contributed by atoms with Gasteiger partial charge in [-0.3, -0.25) is 14.5 Å². The number of urea groups is 1. The second kappa shape index (κ2) is 7.41. The number of nitrogens with zero attached hydrogens (tertiary/aromatic N) is 1. The van der Waals surface area contributed by atoms with Crippen LogP contribution in [0.5, 0.6) is 0 Å². The van der Waals surface area contributed by atoms with E-state index < -0.39 is 11.6 Å². The minimum atomic E-state index is -0.996. The Morgan fingerprint density at radius 1 is 1.12 bits per heavy atom. The second-order valence-electron chi connectivity index (χ2n) is 6.57. The molecule has 0 aromatic heterocycles. The summed E-state index contributed by atoms with van der Waals surface area (Å²) in [5.41, 5.74) is 0.557. The smallest absolute Gasteiger partial charge is 0.323 e. The number of imide groups is 1. The zero-order valence-corrected chi connectivity index (χ0v) is 16.0. The number of hydrogen-bond donors (Lipinski definition) is 1. The van der Waals surface area contributed by atoms with E-state index >= 15 is 0 Å². The molecule has 1 N–H and O–H groups in total. The topological polar surface area (TPSA) is 66.5 Å². The molecule has 0 bridgehead atoms. The number of aryl methyl sites for hydroxylation is 1. The number of ketones is 1. The third kappa shape index (κ3) is 3.85. The predicted molar refractivity (Wildman–Crippen MR) is 102 cm³/mol. The Kier molecular flexibility index (Phi) is 5.23. The molecule has 6 heteroatoms. The van der Waals surface area contributed by atoms with Crippen molar-refractivity contribution in [1.29, 1.82) is 0 Å². The standard InChI is InChI=1S/C20H19BrN2O3/c1-20(11-10-14-6-3-2-4-7-14)18(25)23(19(26)22-20)13-17(24)15-8-5-9-16(21)12-15/h2-9,12H,10-11,13H2,1H3,(H,22,26)/t20-/m0/s1. The molecule has 1 aliphatic rings. The SMILES string of the molecule is C[C@@]1(CCc2ccccc2)NC(=O)N(CC(=O)c2cccc(Br)c2)C1=O. The Balaban J connectivity index is 1.69. The fourth-order valence-electron chi connectivity index (χ4n) is 3.00. The summed E-state index contributed by atoms with van der Waals surface area (Å²) in [6, 6.07) is 16.2. The third-order valence-electron chi connectivity index (χ3n) is 4.55. The molecule has 3 rings (SSSR count). The summed E-state index contributed by atoms with van der Waals surface area (Å²) in [6.45, 7) is 1.45. The van der Waals surface area contributed by atoms with E-state index in [1.807, 2.05) is 36.4 Å². The summed E-state index contributed by atoms with van der Waals surface area (Å²) in [5.74, 6) is -0.635. The Morgan fingerprint density at radius 3 is 2.54 bits per heavy atom. The molecule has 2 aromatic carbocycles. The molecular formula is C20H19BrN2O3. The summed E-state index contributed by atoms with van der Waals surface area (Å²) >= 11 is 3.32. The number of benzene rings is 2. The van der Waals surface area contributed by atoms with Crippen molar-refractivity contribution in [3.05, 3.63) is 70.2 Å². The molecule has 2 aromatic rings. The average molecular weight is 415 g/mol. The van der Waals surface area contributed by atoms with Crippen LogP contribution < -0.4 is 5.32 Å². The first-order chi connectivity index (χ1) is 12.4. The van der Waals surface area contributed by atoms with Crippen LogP contribution in [0.2, 0.25) is 0 Å². The van der Waals surface area contributed by atoms with Gasteiger partial charge in [0.15, 0.2) is 5.78 Å². The second-order valence-corrected chi connectivity index (χ2v) is 7.49. The van der Waals surface area contributed by atoms with Gasteiger partial charge < -0.3 is 5.32 Å². The molecular weight excluding hydrogens is 396 g/mol. The maximum Gasteiger partial charge on any atom is 0.325 e. The summed E-state index contributed by atoms with van der Waals surface area (Å²) in [5, 5.41) is 2.74. The van der Waals surface area contributed by atoms with E-state index in [2.05, 4.69) is 21.2 Å². The highest BCUT2D eigenvalue weighted by Crippen LogP contribution is 2.24. The van der Waals surface area contributed by atoms with Crippen LogP contribution in [-0.4, -0.2) is 34.7 Å². The van der Waals surface area contributed by atoms with Crippen molar-refractivity contribution < 1.29 is 14.4 Å². The van der Waals surface area contributed by atoms with E-state index in [1.165, 1.54) is 0 Å². The Bertz CT molecular complexity index is 853. The van der Waals surface area contributed by atoms with Crippen LogP contribution in [0.4, 0.5) is 4.79 Å². The lowest BCUT2D eigenvalue weighted by atomic mass is 9.93. The minimum Gasteiger partial charge on any atom is -0.323 e. The van der Waals surface area contributed by atoms with Gasteiger partial charge in [-0.05, 0) is 37.5 Å². The summed E-state index contributed by atoms with van der Waals surface area (Å²) in [7, 11) is 0. The molecule has 5 nitrogen and oxygen atoms in total. The van der Waals surface area contributed by atoms with E-state index in [1.54, 1.807) is 25.1 Å². The van der Waals surface area contributed by atoms with Gasteiger partial charge in [0.05, 0.1) is 6.54 Å². The fourth-order valence-corrected chi connectivity index (χ4v) is 3.40. The molecule has 1 fully saturated rings. The van der Waals surface area contributed by atoms with Crippen molar-refractivity contribution in [3.8, 4) is 0 Å². The highest BCUT2D eigenvalue weighted by atomic mass is 79.9. The van der Waals surface area contributed by atoms with Crippen LogP contribution in [0.1, 0.15) is 29.3 Å². The minimum absolute atomic E-state index is 0.262. The number of halogens is 1. The number of amides is 3. The van der Waals surface area contributed by atoms with Gasteiger partial charge in [-0.2, -0.15) is 0 Å². The summed E-state index contributed by atoms with van der Waals surface area (Å²) < 4.78 is 0.772. The first-order valence-corrected chi connectivity index (χ1v) is 9.15. The molecule has 1 aliphatic heterocycles. The van der Waals surface area contributed by atoms with Crippen molar-refractivity contribution in [3.63, 3.8) is 0 Å². The van der Waals surface area contributed by atoms with Crippen LogP contribution in [0, 0.1) is 0 Å². The zero-order valence-electron chi connectivity index (χ0n) is 14.4. The molecule has 0 saturated carbocycles. The lowest BCUT2D eigenvalue weighted by Crippen LogP contribution is -2.44. The maximum absolute atomic E-state index is 12.8. The van der Waals surface area contributed by atoms with Gasteiger partial charge in [0.25, 0.3) is 5.91 Å². The first kappa shape index (κ1) is 18.3. The van der Waals surface area contributed by atoms with Crippen LogP contribution in [0.15, 0.2) is 59.1 Å². The van der Waals surface area contributed by atoms with E-state index in [0.717, 1.165) is 14.9 Å². The molecule has 1 heterocycles. The molecule has 0 spiro atoms. The van der Waals surface area contributed by atoms with Crippen molar-refractivity contribution in [2.45, 2.75) is 25.3 Å². The summed E-state index contributed by atoms with van der Waals surface area (Å²) in [4.78, 5) is 38.5. The fraction of sp³-hybridized carbons (Fsp3) is 0.250. The van der Waals surface area contributed by atoms with E-state index in [0.29, 0.717) is 18.4 Å². The maximum atomic E-state index is 12.8. The van der Waals surface area contributed by atoms with Crippen molar-refractivity contribution in [2.75, 3.05) is 6.54 Å². The number of nitrogens with one attached hydrogen (secondary N) is 1. The molecule has 0 aliphatic carbocycles. The zero-order chi connectivity index (χ0) is 18.7. The number of carbonyl (C=O) groups excluding carboxylic acids is 3. The van der Waals surface area contributed by atoms with Gasteiger partial charge in [-0.15, -0.1) is 0 Å². The first-order valence-electron chi connectivity index (χ1n) is 8.36. The number of hydrogen-bond acceptors (Lipinski definition) is 3. The van der Waals surface area contributed by atoms with Gasteiger partial charge in [-0.1, -0.05) is 58.4 Å². The lowest BCUT2D eigenvalue weighted by molar-refractivity contribution is -0.130. The largest absolute Gasteiger partial charge is 0.325 e. The number of carbonyl (C=O) groups is 3. The Morgan fingerprint density at radius 2 is 1.85 bits per heavy atom. The average Bonchev–Trinajstić information content (AvgIpc) is 2.84. The third-order valence-corrected chi connectivity index (χ3v) is 5.04. The van der Waals surface area contributed by atoms with Crippen LogP contribution in [0.25, 0.3) is 0 Å². The Labute approximate surface area is 160 Å². The number of Topliss-reactive ketones (excluding diaryl/α,β-unsaturated/α-hetero) is 1. The van der Waals surface area contributed by atoms with Crippen molar-refractivity contribution in [1.82, 2.24) is 10.2 Å². The highest BCUT2D eigenvalue weighted by Gasteiger charge is 2.47. The molecule has 1 atom stereocenters. The molecule has 0 radical (unpaired) electrons. The Hall–Kier alpha value is -2.47. The predicted octanol–water partition coefficient (Wildman–Crippen LogP) is 3.58. The van der Waals surface area contributed by atoms with Gasteiger partial charge in [0.1, 0.15) is 5.54 Å². The van der Waals surface area contributed by atoms with Crippen LogP contribution >= 0.6 is 15.9 Å².